The van der Waals surface area contributed by atoms with E-state index < -0.39 is 24.5 Å². The summed E-state index contributed by atoms with van der Waals surface area (Å²) in [7, 11) is 0. The van der Waals surface area contributed by atoms with E-state index in [-0.39, 0.29) is 5.82 Å². The van der Waals surface area contributed by atoms with E-state index >= 15 is 0 Å². The standard InChI is InChI=1S/C16H15Cl2N5O3S/c17-7-1-2-8(18)10(3-7)27-4-9-12(24)13(25)16(26-9)23-6-22-11-14(19)20-5-21-15(11)23/h1-3,5-6,9,12-13,16,24-25H,4H2,(H2,19,20,21)/t9-,12-,13-,16-/m1/s1. The Labute approximate surface area is 168 Å². The van der Waals surface area contributed by atoms with Gasteiger partial charge < -0.3 is 20.7 Å². The van der Waals surface area contributed by atoms with Crippen LogP contribution in [0.5, 0.6) is 0 Å². The normalized spacial score (nSPS) is 25.3. The molecule has 1 aromatic carbocycles. The molecule has 3 heterocycles. The van der Waals surface area contributed by atoms with Crippen molar-refractivity contribution in [1.29, 1.82) is 0 Å². The number of anilines is 1. The van der Waals surface area contributed by atoms with Gasteiger partial charge in [0.25, 0.3) is 0 Å². The van der Waals surface area contributed by atoms with Crippen LogP contribution < -0.4 is 5.73 Å². The number of halogens is 2. The van der Waals surface area contributed by atoms with Crippen molar-refractivity contribution in [3.05, 3.63) is 40.9 Å². The molecular weight excluding hydrogens is 413 g/mol. The lowest BCUT2D eigenvalue weighted by molar-refractivity contribution is -0.0289. The fourth-order valence-corrected chi connectivity index (χ4v) is 4.47. The molecule has 0 amide bonds. The maximum absolute atomic E-state index is 10.5. The summed E-state index contributed by atoms with van der Waals surface area (Å²) in [6.07, 6.45) is -0.945. The first kappa shape index (κ1) is 18.7. The molecule has 4 atom stereocenters. The zero-order valence-corrected chi connectivity index (χ0v) is 16.1. The van der Waals surface area contributed by atoms with Crippen LogP contribution in [0.4, 0.5) is 5.82 Å². The molecule has 1 aliphatic heterocycles. The van der Waals surface area contributed by atoms with E-state index in [1.807, 2.05) is 0 Å². The number of thioether (sulfide) groups is 1. The second kappa shape index (κ2) is 7.42. The SMILES string of the molecule is Nc1ncnc2c1ncn2[C@@H]1O[C@H](CSc2cc(Cl)ccc2Cl)[C@@H](O)[C@H]1O. The first-order chi connectivity index (χ1) is 13.0. The van der Waals surface area contributed by atoms with Crippen LogP contribution in [0.2, 0.25) is 10.0 Å². The van der Waals surface area contributed by atoms with Gasteiger partial charge >= 0.3 is 0 Å². The number of hydrogen-bond acceptors (Lipinski definition) is 8. The molecule has 1 fully saturated rings. The molecule has 8 nitrogen and oxygen atoms in total. The molecule has 4 rings (SSSR count). The Morgan fingerprint density at radius 3 is 2.81 bits per heavy atom. The molecule has 3 aromatic rings. The summed E-state index contributed by atoms with van der Waals surface area (Å²) in [4.78, 5) is 13.0. The molecule has 0 unspecified atom stereocenters. The van der Waals surface area contributed by atoms with Crippen LogP contribution in [0.1, 0.15) is 6.23 Å². The Kier molecular flexibility index (Phi) is 5.15. The molecule has 0 radical (unpaired) electrons. The minimum atomic E-state index is -1.15. The molecule has 0 bridgehead atoms. The maximum atomic E-state index is 10.5. The average Bonchev–Trinajstić information content (AvgIpc) is 3.19. The van der Waals surface area contributed by atoms with E-state index in [1.54, 1.807) is 18.2 Å². The Morgan fingerprint density at radius 1 is 1.19 bits per heavy atom. The highest BCUT2D eigenvalue weighted by molar-refractivity contribution is 7.99. The van der Waals surface area contributed by atoms with Gasteiger partial charge in [0.15, 0.2) is 17.7 Å². The van der Waals surface area contributed by atoms with Gasteiger partial charge in [0.05, 0.1) is 17.5 Å². The molecule has 2 aromatic heterocycles. The Bertz CT molecular complexity index is 988. The molecule has 0 saturated carbocycles. The van der Waals surface area contributed by atoms with E-state index in [2.05, 4.69) is 15.0 Å². The van der Waals surface area contributed by atoms with E-state index in [1.165, 1.54) is 29.0 Å². The summed E-state index contributed by atoms with van der Waals surface area (Å²) in [6, 6.07) is 5.15. The number of benzene rings is 1. The summed E-state index contributed by atoms with van der Waals surface area (Å²) in [5.74, 6) is 0.605. The van der Waals surface area contributed by atoms with Crippen LogP contribution in [-0.4, -0.2) is 53.8 Å². The van der Waals surface area contributed by atoms with Gasteiger partial charge in [-0.25, -0.2) is 15.0 Å². The first-order valence-corrected chi connectivity index (χ1v) is 9.72. The van der Waals surface area contributed by atoms with Gasteiger partial charge in [0.2, 0.25) is 0 Å². The number of aliphatic hydroxyl groups excluding tert-OH is 2. The Balaban J connectivity index is 1.54. The van der Waals surface area contributed by atoms with Crippen molar-refractivity contribution in [2.45, 2.75) is 29.4 Å². The van der Waals surface area contributed by atoms with Gasteiger partial charge in [-0.3, -0.25) is 4.57 Å². The molecule has 142 valence electrons. The second-order valence-electron chi connectivity index (χ2n) is 6.01. The molecule has 4 N–H and O–H groups in total. The topological polar surface area (TPSA) is 119 Å². The van der Waals surface area contributed by atoms with Gasteiger partial charge in [-0.1, -0.05) is 23.2 Å². The molecular formula is C16H15Cl2N5O3S. The van der Waals surface area contributed by atoms with Crippen LogP contribution in [-0.2, 0) is 4.74 Å². The van der Waals surface area contributed by atoms with E-state index in [0.29, 0.717) is 27.0 Å². The second-order valence-corrected chi connectivity index (χ2v) is 7.92. The van der Waals surface area contributed by atoms with Crippen molar-refractivity contribution in [2.24, 2.45) is 0 Å². The van der Waals surface area contributed by atoms with Gasteiger partial charge in [-0.05, 0) is 18.2 Å². The number of nitrogens with two attached hydrogens (primary N) is 1. The van der Waals surface area contributed by atoms with Crippen molar-refractivity contribution in [2.75, 3.05) is 11.5 Å². The fourth-order valence-electron chi connectivity index (χ4n) is 2.91. The van der Waals surface area contributed by atoms with Crippen LogP contribution in [0.25, 0.3) is 11.2 Å². The number of ether oxygens (including phenoxy) is 1. The van der Waals surface area contributed by atoms with Crippen molar-refractivity contribution in [1.82, 2.24) is 19.5 Å². The minimum absolute atomic E-state index is 0.231. The van der Waals surface area contributed by atoms with E-state index in [9.17, 15) is 10.2 Å². The van der Waals surface area contributed by atoms with Crippen molar-refractivity contribution < 1.29 is 14.9 Å². The monoisotopic (exact) mass is 427 g/mol. The Hall–Kier alpha value is -1.62. The fraction of sp³-hybridized carbons (Fsp3) is 0.312. The third kappa shape index (κ3) is 3.46. The lowest BCUT2D eigenvalue weighted by Gasteiger charge is -2.16. The number of nitrogen functional groups attached to an aromatic ring is 1. The molecule has 27 heavy (non-hydrogen) atoms. The van der Waals surface area contributed by atoms with Crippen LogP contribution in [0, 0.1) is 0 Å². The zero-order chi connectivity index (χ0) is 19.1. The summed E-state index contributed by atoms with van der Waals surface area (Å²) < 4.78 is 7.43. The van der Waals surface area contributed by atoms with Gasteiger partial charge in [-0.15, -0.1) is 11.8 Å². The predicted octanol–water partition coefficient (Wildman–Crippen LogP) is 2.13. The predicted molar refractivity (Wildman–Crippen MR) is 103 cm³/mol. The van der Waals surface area contributed by atoms with Crippen LogP contribution in [0.15, 0.2) is 35.7 Å². The number of imidazole rings is 1. The third-order valence-corrected chi connectivity index (χ3v) is 6.12. The highest BCUT2D eigenvalue weighted by atomic mass is 35.5. The average molecular weight is 428 g/mol. The lowest BCUT2D eigenvalue weighted by atomic mass is 10.1. The largest absolute Gasteiger partial charge is 0.387 e. The highest BCUT2D eigenvalue weighted by Crippen LogP contribution is 2.36. The molecule has 11 heteroatoms. The summed E-state index contributed by atoms with van der Waals surface area (Å²) in [5.41, 5.74) is 6.62. The van der Waals surface area contributed by atoms with Crippen molar-refractivity contribution >= 4 is 51.9 Å². The van der Waals surface area contributed by atoms with Crippen molar-refractivity contribution in [3.63, 3.8) is 0 Å². The molecule has 0 aliphatic carbocycles. The number of rotatable bonds is 4. The van der Waals surface area contributed by atoms with Gasteiger partial charge in [0, 0.05) is 15.7 Å². The quantitative estimate of drug-likeness (QED) is 0.541. The summed E-state index contributed by atoms with van der Waals surface area (Å²) >= 11 is 13.6. The Morgan fingerprint density at radius 2 is 2.00 bits per heavy atom. The lowest BCUT2D eigenvalue weighted by Crippen LogP contribution is -2.32. The molecule has 0 spiro atoms. The van der Waals surface area contributed by atoms with Crippen molar-refractivity contribution in [3.8, 4) is 0 Å². The zero-order valence-electron chi connectivity index (χ0n) is 13.7. The van der Waals surface area contributed by atoms with Crippen LogP contribution in [0.3, 0.4) is 0 Å². The van der Waals surface area contributed by atoms with Crippen LogP contribution >= 0.6 is 35.0 Å². The third-order valence-electron chi connectivity index (χ3n) is 4.29. The smallest absolute Gasteiger partial charge is 0.167 e. The van der Waals surface area contributed by atoms with Gasteiger partial charge in [0.1, 0.15) is 24.1 Å². The summed E-state index contributed by atoms with van der Waals surface area (Å²) in [5, 5.41) is 22.0. The number of aliphatic hydroxyl groups is 2. The highest BCUT2D eigenvalue weighted by Gasteiger charge is 2.44. The number of nitrogens with zero attached hydrogens (tertiary/aromatic N) is 4. The first-order valence-electron chi connectivity index (χ1n) is 7.98. The number of hydrogen-bond donors (Lipinski definition) is 3. The molecule has 1 saturated heterocycles. The number of fused-ring (bicyclic) bond motifs is 1. The maximum Gasteiger partial charge on any atom is 0.167 e. The van der Waals surface area contributed by atoms with E-state index in [0.717, 1.165) is 4.90 Å². The van der Waals surface area contributed by atoms with E-state index in [4.69, 9.17) is 33.7 Å². The minimum Gasteiger partial charge on any atom is -0.387 e. The van der Waals surface area contributed by atoms with Gasteiger partial charge in [-0.2, -0.15) is 0 Å². The molecule has 1 aliphatic rings. The number of aromatic nitrogens is 4. The summed E-state index contributed by atoms with van der Waals surface area (Å²) in [6.45, 7) is 0.